The third-order valence-electron chi connectivity index (χ3n) is 4.06. The Morgan fingerprint density at radius 1 is 1.21 bits per heavy atom. The highest BCUT2D eigenvalue weighted by molar-refractivity contribution is 8.13. The van der Waals surface area contributed by atoms with Gasteiger partial charge in [-0.2, -0.15) is 0 Å². The first-order valence-electron chi connectivity index (χ1n) is 7.83. The molecule has 3 rings (SSSR count). The van der Waals surface area contributed by atoms with Gasteiger partial charge < -0.3 is 4.74 Å². The van der Waals surface area contributed by atoms with E-state index in [9.17, 15) is 4.79 Å². The Bertz CT molecular complexity index is 733. The lowest BCUT2D eigenvalue weighted by Crippen LogP contribution is -2.25. The van der Waals surface area contributed by atoms with E-state index in [-0.39, 0.29) is 12.1 Å². The molecule has 2 unspecified atom stereocenters. The first-order valence-corrected chi connectivity index (χ1v) is 9.06. The minimum absolute atomic E-state index is 0.0370. The van der Waals surface area contributed by atoms with Gasteiger partial charge in [0.15, 0.2) is 5.17 Å². The number of thioether (sulfide) groups is 1. The first-order chi connectivity index (χ1) is 11.7. The van der Waals surface area contributed by atoms with Crippen LogP contribution in [0.1, 0.15) is 29.7 Å². The van der Waals surface area contributed by atoms with E-state index in [1.54, 1.807) is 7.05 Å². The molecule has 0 aliphatic carbocycles. The number of para-hydroxylation sites is 1. The fraction of sp³-hybridized carbons (Fsp3) is 0.263. The molecule has 24 heavy (non-hydrogen) atoms. The molecule has 1 aliphatic rings. The van der Waals surface area contributed by atoms with Crippen molar-refractivity contribution in [3.05, 3.63) is 65.7 Å². The molecular formula is C19H20N2O2S. The van der Waals surface area contributed by atoms with Gasteiger partial charge >= 0.3 is 0 Å². The van der Waals surface area contributed by atoms with E-state index in [0.717, 1.165) is 29.7 Å². The van der Waals surface area contributed by atoms with Crippen LogP contribution in [0.2, 0.25) is 0 Å². The highest BCUT2D eigenvalue weighted by atomic mass is 32.2. The third kappa shape index (κ3) is 3.46. The number of amidine groups is 1. The van der Waals surface area contributed by atoms with Gasteiger partial charge in [-0.3, -0.25) is 14.7 Å². The molecule has 0 bridgehead atoms. The Labute approximate surface area is 146 Å². The summed E-state index contributed by atoms with van der Waals surface area (Å²) < 4.78 is 6.19. The summed E-state index contributed by atoms with van der Waals surface area (Å²) in [5, 5.41) is 0.707. The van der Waals surface area contributed by atoms with Crippen LogP contribution in [0, 0.1) is 0 Å². The molecule has 0 fully saturated rings. The number of ether oxygens (including phenoxy) is 1. The van der Waals surface area contributed by atoms with Crippen LogP contribution in [0.3, 0.4) is 0 Å². The number of hydrogen-bond acceptors (Lipinski definition) is 4. The van der Waals surface area contributed by atoms with Crippen molar-refractivity contribution < 1.29 is 9.53 Å². The fourth-order valence-corrected chi connectivity index (χ4v) is 3.42. The van der Waals surface area contributed by atoms with E-state index < -0.39 is 0 Å². The lowest BCUT2D eigenvalue weighted by atomic mass is 9.93. The zero-order chi connectivity index (χ0) is 16.9. The van der Waals surface area contributed by atoms with Gasteiger partial charge in [0.25, 0.3) is 0 Å². The number of amides is 1. The average molecular weight is 340 g/mol. The third-order valence-corrected chi connectivity index (χ3v) is 4.82. The quantitative estimate of drug-likeness (QED) is 0.481. The molecule has 1 heterocycles. The Balaban J connectivity index is 1.98. The van der Waals surface area contributed by atoms with Crippen LogP contribution in [-0.2, 0) is 4.79 Å². The summed E-state index contributed by atoms with van der Waals surface area (Å²) in [7, 11) is 1.72. The number of aliphatic imine (C=N–C) groups is 1. The first kappa shape index (κ1) is 16.6. The molecule has 2 aromatic rings. The monoisotopic (exact) mass is 340 g/mol. The molecule has 0 radical (unpaired) electrons. The zero-order valence-electron chi connectivity index (χ0n) is 13.8. The minimum atomic E-state index is -0.0421. The summed E-state index contributed by atoms with van der Waals surface area (Å²) in [6, 6.07) is 18.1. The van der Waals surface area contributed by atoms with E-state index in [1.807, 2.05) is 48.7 Å². The maximum absolute atomic E-state index is 11.1. The highest BCUT2D eigenvalue weighted by Crippen LogP contribution is 2.42. The van der Waals surface area contributed by atoms with Crippen LogP contribution in [0.4, 0.5) is 0 Å². The Morgan fingerprint density at radius 2 is 1.92 bits per heavy atom. The van der Waals surface area contributed by atoms with Crippen molar-refractivity contribution in [2.75, 3.05) is 13.3 Å². The van der Waals surface area contributed by atoms with Crippen LogP contribution in [0.5, 0.6) is 5.75 Å². The Morgan fingerprint density at radius 3 is 2.62 bits per heavy atom. The summed E-state index contributed by atoms with van der Waals surface area (Å²) in [5.41, 5.74) is 2.21. The van der Waals surface area contributed by atoms with Gasteiger partial charge in [0, 0.05) is 19.0 Å². The minimum Gasteiger partial charge on any atom is -0.485 e. The van der Waals surface area contributed by atoms with Gasteiger partial charge in [-0.05, 0) is 17.9 Å². The normalized spacial score (nSPS) is 20.0. The van der Waals surface area contributed by atoms with Crippen LogP contribution in [0.25, 0.3) is 0 Å². The predicted molar refractivity (Wildman–Crippen MR) is 98.4 cm³/mol. The van der Waals surface area contributed by atoms with Crippen LogP contribution >= 0.6 is 11.8 Å². The van der Waals surface area contributed by atoms with Crippen LogP contribution < -0.4 is 4.74 Å². The number of carbonyl (C=O) groups excluding carboxylic acids is 1. The molecule has 2 atom stereocenters. The molecule has 1 amide bonds. The van der Waals surface area contributed by atoms with E-state index >= 15 is 0 Å². The maximum atomic E-state index is 11.1. The maximum Gasteiger partial charge on any atom is 0.215 e. The molecule has 124 valence electrons. The molecule has 1 aliphatic heterocycles. The number of fused-ring (bicyclic) bond motifs is 1. The molecule has 0 N–H and O–H groups in total. The second kappa shape index (κ2) is 7.53. The molecule has 0 saturated heterocycles. The number of benzene rings is 2. The molecule has 2 aromatic carbocycles. The Hall–Kier alpha value is -2.27. The van der Waals surface area contributed by atoms with Crippen molar-refractivity contribution in [3.63, 3.8) is 0 Å². The second-order valence-corrected chi connectivity index (χ2v) is 6.41. The summed E-state index contributed by atoms with van der Waals surface area (Å²) in [5.74, 6) is 0.862. The van der Waals surface area contributed by atoms with Gasteiger partial charge in [0.05, 0.1) is 6.04 Å². The molecule has 5 heteroatoms. The number of carbonyl (C=O) groups is 1. The summed E-state index contributed by atoms with van der Waals surface area (Å²) in [6.07, 6.45) is 3.42. The van der Waals surface area contributed by atoms with E-state index in [0.29, 0.717) is 5.17 Å². The molecular weight excluding hydrogens is 320 g/mol. The number of rotatable bonds is 3. The SMILES string of the molecule is CS/C(=N/C1CC(c2ccccc2)Oc2ccccc21)N(C)C=O. The zero-order valence-corrected chi connectivity index (χ0v) is 14.6. The molecule has 4 nitrogen and oxygen atoms in total. The van der Waals surface area contributed by atoms with Crippen molar-refractivity contribution in [2.24, 2.45) is 4.99 Å². The lowest BCUT2D eigenvalue weighted by Gasteiger charge is -2.31. The van der Waals surface area contributed by atoms with Gasteiger partial charge in [0.2, 0.25) is 6.41 Å². The van der Waals surface area contributed by atoms with Gasteiger partial charge in [-0.15, -0.1) is 0 Å². The summed E-state index contributed by atoms with van der Waals surface area (Å²) in [6.45, 7) is 0. The van der Waals surface area contributed by atoms with Crippen molar-refractivity contribution in [3.8, 4) is 5.75 Å². The topological polar surface area (TPSA) is 41.9 Å². The standard InChI is InChI=1S/C19H20N2O2S/c1-21(13-22)19(24-2)20-16-12-18(14-8-4-3-5-9-14)23-17-11-7-6-10-15(16)17/h3-11,13,16,18H,12H2,1-2H3/b20-19+. The van der Waals surface area contributed by atoms with E-state index in [4.69, 9.17) is 9.73 Å². The van der Waals surface area contributed by atoms with Gasteiger partial charge in [-0.1, -0.05) is 60.3 Å². The highest BCUT2D eigenvalue weighted by Gasteiger charge is 2.29. The van der Waals surface area contributed by atoms with E-state index in [1.165, 1.54) is 16.7 Å². The molecule has 0 saturated carbocycles. The summed E-state index contributed by atoms with van der Waals surface area (Å²) in [4.78, 5) is 17.4. The second-order valence-electron chi connectivity index (χ2n) is 5.64. The Kier molecular flexibility index (Phi) is 5.20. The van der Waals surface area contributed by atoms with Crippen molar-refractivity contribution >= 4 is 23.3 Å². The van der Waals surface area contributed by atoms with Crippen molar-refractivity contribution in [1.82, 2.24) is 4.90 Å². The molecule has 0 spiro atoms. The predicted octanol–water partition coefficient (Wildman–Crippen LogP) is 4.06. The summed E-state index contributed by atoms with van der Waals surface area (Å²) >= 11 is 1.47. The van der Waals surface area contributed by atoms with Crippen molar-refractivity contribution in [2.45, 2.75) is 18.6 Å². The van der Waals surface area contributed by atoms with Crippen molar-refractivity contribution in [1.29, 1.82) is 0 Å². The van der Waals surface area contributed by atoms with Crippen LogP contribution in [0.15, 0.2) is 59.6 Å². The van der Waals surface area contributed by atoms with Crippen LogP contribution in [-0.4, -0.2) is 29.8 Å². The largest absolute Gasteiger partial charge is 0.485 e. The molecule has 0 aromatic heterocycles. The smallest absolute Gasteiger partial charge is 0.215 e. The number of nitrogens with zero attached hydrogens (tertiary/aromatic N) is 2. The lowest BCUT2D eigenvalue weighted by molar-refractivity contribution is -0.113. The van der Waals surface area contributed by atoms with Gasteiger partial charge in [0.1, 0.15) is 11.9 Å². The van der Waals surface area contributed by atoms with Gasteiger partial charge in [-0.25, -0.2) is 0 Å². The van der Waals surface area contributed by atoms with E-state index in [2.05, 4.69) is 12.1 Å². The number of hydrogen-bond donors (Lipinski definition) is 0. The fourth-order valence-electron chi connectivity index (χ4n) is 2.85. The average Bonchev–Trinajstić information content (AvgIpc) is 2.65.